The van der Waals surface area contributed by atoms with Crippen molar-refractivity contribution in [1.82, 2.24) is 5.01 Å². The van der Waals surface area contributed by atoms with Crippen molar-refractivity contribution in [2.45, 2.75) is 10.8 Å². The van der Waals surface area contributed by atoms with E-state index < -0.39 is 10.0 Å². The van der Waals surface area contributed by atoms with Crippen molar-refractivity contribution in [3.05, 3.63) is 101 Å². The first-order chi connectivity index (χ1) is 15.7. The highest BCUT2D eigenvalue weighted by Gasteiger charge is 2.31. The van der Waals surface area contributed by atoms with Gasteiger partial charge in [0.25, 0.3) is 10.0 Å². The van der Waals surface area contributed by atoms with E-state index in [0.29, 0.717) is 11.6 Å². The summed E-state index contributed by atoms with van der Waals surface area (Å²) in [7, 11) is -4.14. The summed E-state index contributed by atoms with van der Waals surface area (Å²) in [4.78, 5) is -0.112. The number of benzene rings is 3. The first kappa shape index (κ1) is 22.5. The van der Waals surface area contributed by atoms with Crippen molar-refractivity contribution in [3.8, 4) is 0 Å². The van der Waals surface area contributed by atoms with Gasteiger partial charge in [-0.15, -0.1) is 4.40 Å². The van der Waals surface area contributed by atoms with Gasteiger partial charge >= 0.3 is 0 Å². The number of hydrogen-bond donors (Lipinski definition) is 3. The Morgan fingerprint density at radius 3 is 2.39 bits per heavy atom. The molecule has 168 valence electrons. The molecule has 3 aromatic carbocycles. The Labute approximate surface area is 196 Å². The predicted octanol–water partition coefficient (Wildman–Crippen LogP) is 3.13. The molecule has 0 radical (unpaired) electrons. The molecule has 10 heteroatoms. The highest BCUT2D eigenvalue weighted by atomic mass is 35.5. The molecule has 1 unspecified atom stereocenters. The lowest BCUT2D eigenvalue weighted by Crippen LogP contribution is -2.33. The monoisotopic (exact) mass is 480 g/mol. The molecule has 0 aromatic heterocycles. The van der Waals surface area contributed by atoms with Gasteiger partial charge in [-0.1, -0.05) is 66.2 Å². The van der Waals surface area contributed by atoms with E-state index in [9.17, 15) is 8.42 Å². The summed E-state index contributed by atoms with van der Waals surface area (Å²) in [6, 6.07) is 22.7. The predicted molar refractivity (Wildman–Crippen MR) is 130 cm³/mol. The lowest BCUT2D eigenvalue weighted by Gasteiger charge is -2.15. The van der Waals surface area contributed by atoms with E-state index in [0.717, 1.165) is 16.8 Å². The molecule has 0 saturated carbocycles. The van der Waals surface area contributed by atoms with Crippen LogP contribution in [0.15, 0.2) is 93.3 Å². The van der Waals surface area contributed by atoms with Gasteiger partial charge in [0.1, 0.15) is 5.84 Å². The maximum absolute atomic E-state index is 12.8. The standard InChI is InChI=1S/C23H21ClN6O2S/c24-18-11-9-16(10-12-18)21-20(15-5-2-1-3-6-15)14-30(28-21)23(27)29-33(31,32)19-8-4-7-17(13-19)22(25)26/h1-13,20H,14H2,(H3,25,26)(H2,27,29). The number of sulfonamides is 1. The summed E-state index contributed by atoms with van der Waals surface area (Å²) in [6.07, 6.45) is 0. The maximum Gasteiger partial charge on any atom is 0.285 e. The van der Waals surface area contributed by atoms with Gasteiger partial charge in [0.2, 0.25) is 5.96 Å². The third-order valence-corrected chi connectivity index (χ3v) is 6.71. The van der Waals surface area contributed by atoms with Crippen molar-refractivity contribution < 1.29 is 8.42 Å². The molecule has 8 nitrogen and oxygen atoms in total. The lowest BCUT2D eigenvalue weighted by atomic mass is 9.91. The fourth-order valence-corrected chi connectivity index (χ4v) is 4.62. The number of nitrogens with two attached hydrogens (primary N) is 2. The topological polar surface area (TPSA) is 138 Å². The average Bonchev–Trinajstić information content (AvgIpc) is 3.26. The summed E-state index contributed by atoms with van der Waals surface area (Å²) in [6.45, 7) is 0.320. The number of guanidine groups is 1. The SMILES string of the molecule is N=C(N)c1cccc(S(=O)(=O)/N=C(\N)N2CC(c3ccccc3)C(c3ccc(Cl)cc3)=N2)c1. The highest BCUT2D eigenvalue weighted by Crippen LogP contribution is 2.29. The van der Waals surface area contributed by atoms with Gasteiger partial charge in [0.15, 0.2) is 0 Å². The fourth-order valence-electron chi connectivity index (χ4n) is 3.52. The van der Waals surface area contributed by atoms with E-state index in [1.54, 1.807) is 18.2 Å². The summed E-state index contributed by atoms with van der Waals surface area (Å²) in [5.41, 5.74) is 14.4. The zero-order valence-electron chi connectivity index (χ0n) is 17.4. The molecular weight excluding hydrogens is 460 g/mol. The normalized spacial score (nSPS) is 16.5. The van der Waals surface area contributed by atoms with E-state index >= 15 is 0 Å². The molecule has 0 spiro atoms. The second-order valence-electron chi connectivity index (χ2n) is 7.40. The van der Waals surface area contributed by atoms with E-state index in [1.165, 1.54) is 23.2 Å². The van der Waals surface area contributed by atoms with Crippen molar-refractivity contribution >= 4 is 39.1 Å². The molecule has 0 saturated heterocycles. The van der Waals surface area contributed by atoms with Crippen LogP contribution in [0.3, 0.4) is 0 Å². The van der Waals surface area contributed by atoms with Crippen molar-refractivity contribution in [2.24, 2.45) is 21.0 Å². The minimum atomic E-state index is -4.14. The molecule has 33 heavy (non-hydrogen) atoms. The van der Waals surface area contributed by atoms with Gasteiger partial charge < -0.3 is 11.5 Å². The number of nitrogen functional groups attached to an aromatic ring is 1. The van der Waals surface area contributed by atoms with Crippen molar-refractivity contribution in [2.75, 3.05) is 6.54 Å². The van der Waals surface area contributed by atoms with Crippen molar-refractivity contribution in [1.29, 1.82) is 5.41 Å². The van der Waals surface area contributed by atoms with Crippen LogP contribution in [0.1, 0.15) is 22.6 Å². The van der Waals surface area contributed by atoms with Crippen LogP contribution < -0.4 is 11.5 Å². The van der Waals surface area contributed by atoms with E-state index in [1.807, 2.05) is 42.5 Å². The van der Waals surface area contributed by atoms with E-state index in [-0.39, 0.29) is 28.2 Å². The quantitative estimate of drug-likeness (QED) is 0.380. The van der Waals surface area contributed by atoms with Crippen LogP contribution >= 0.6 is 11.6 Å². The maximum atomic E-state index is 12.8. The smallest absolute Gasteiger partial charge is 0.285 e. The Balaban J connectivity index is 1.70. The van der Waals surface area contributed by atoms with Crippen LogP contribution in [0, 0.1) is 5.41 Å². The second-order valence-corrected chi connectivity index (χ2v) is 9.44. The van der Waals surface area contributed by atoms with Crippen LogP contribution in [0.2, 0.25) is 5.02 Å². The number of hydrogen-bond acceptors (Lipinski definition) is 4. The third kappa shape index (κ3) is 4.89. The Kier molecular flexibility index (Phi) is 6.17. The molecule has 1 aliphatic rings. The molecule has 4 rings (SSSR count). The van der Waals surface area contributed by atoms with Gasteiger partial charge in [0, 0.05) is 16.5 Å². The molecular formula is C23H21ClN6O2S. The van der Waals surface area contributed by atoms with Gasteiger partial charge in [-0.3, -0.25) is 5.41 Å². The largest absolute Gasteiger partial charge is 0.384 e. The molecule has 1 atom stereocenters. The molecule has 0 bridgehead atoms. The zero-order valence-corrected chi connectivity index (χ0v) is 19.0. The molecule has 0 amide bonds. The van der Waals surface area contributed by atoms with Crippen molar-refractivity contribution in [3.63, 3.8) is 0 Å². The summed E-state index contributed by atoms with van der Waals surface area (Å²) in [5, 5.41) is 14.1. The zero-order chi connectivity index (χ0) is 23.6. The van der Waals surface area contributed by atoms with Gasteiger partial charge in [-0.05, 0) is 35.4 Å². The number of amidine groups is 1. The van der Waals surface area contributed by atoms with Crippen LogP contribution in [0.25, 0.3) is 0 Å². The number of nitrogens with zero attached hydrogens (tertiary/aromatic N) is 3. The molecule has 1 aliphatic heterocycles. The molecule has 0 aliphatic carbocycles. The fraction of sp³-hybridized carbons (Fsp3) is 0.0870. The highest BCUT2D eigenvalue weighted by molar-refractivity contribution is 7.90. The van der Waals surface area contributed by atoms with Crippen LogP contribution in [-0.2, 0) is 10.0 Å². The Morgan fingerprint density at radius 1 is 1.03 bits per heavy atom. The first-order valence-corrected chi connectivity index (χ1v) is 11.8. The molecule has 3 aromatic rings. The van der Waals surface area contributed by atoms with Gasteiger partial charge in [-0.25, -0.2) is 5.01 Å². The lowest BCUT2D eigenvalue weighted by molar-refractivity contribution is 0.470. The van der Waals surface area contributed by atoms with E-state index in [4.69, 9.17) is 28.5 Å². The molecule has 0 fully saturated rings. The second kappa shape index (κ2) is 9.05. The van der Waals surface area contributed by atoms with Crippen LogP contribution in [-0.4, -0.2) is 37.5 Å². The Hall–Kier alpha value is -3.69. The van der Waals surface area contributed by atoms with E-state index in [2.05, 4.69) is 9.50 Å². The molecule has 1 heterocycles. The first-order valence-electron chi connectivity index (χ1n) is 9.96. The molecule has 5 N–H and O–H groups in total. The Morgan fingerprint density at radius 2 is 1.73 bits per heavy atom. The Bertz CT molecular complexity index is 1360. The number of halogens is 1. The van der Waals surface area contributed by atoms with Crippen LogP contribution in [0.4, 0.5) is 0 Å². The number of hydrazone groups is 1. The summed E-state index contributed by atoms with van der Waals surface area (Å²) >= 11 is 6.04. The van der Waals surface area contributed by atoms with Gasteiger partial charge in [-0.2, -0.15) is 13.5 Å². The minimum Gasteiger partial charge on any atom is -0.384 e. The minimum absolute atomic E-state index is 0.112. The average molecular weight is 481 g/mol. The third-order valence-electron chi connectivity index (χ3n) is 5.18. The van der Waals surface area contributed by atoms with Crippen LogP contribution in [0.5, 0.6) is 0 Å². The number of nitrogens with one attached hydrogen (secondary N) is 1. The number of rotatable bonds is 5. The summed E-state index contributed by atoms with van der Waals surface area (Å²) in [5.74, 6) is -0.649. The van der Waals surface area contributed by atoms with Gasteiger partial charge in [0.05, 0.1) is 17.2 Å². The summed E-state index contributed by atoms with van der Waals surface area (Å²) < 4.78 is 29.5.